The van der Waals surface area contributed by atoms with Crippen molar-refractivity contribution < 1.29 is 17.6 Å². The number of thiazole rings is 1. The van der Waals surface area contributed by atoms with Gasteiger partial charge >= 0.3 is 0 Å². The van der Waals surface area contributed by atoms with Crippen molar-refractivity contribution in [3.05, 3.63) is 74.9 Å². The standard InChI is InChI=1S/C22H23ClFN3O3S2/c1-15-14-31-21(26-15)5-3-4-12-25-22(28)19-13-18(10-11-20(19)23)32(29,30)27(2)17-8-6-16(24)7-9-17/h6-11,13-14H,3-5,12H2,1-2H3,(H,25,28). The number of hydrogen-bond donors (Lipinski definition) is 1. The van der Waals surface area contributed by atoms with E-state index in [0.29, 0.717) is 12.2 Å². The van der Waals surface area contributed by atoms with Crippen molar-refractivity contribution in [2.24, 2.45) is 0 Å². The summed E-state index contributed by atoms with van der Waals surface area (Å²) in [5.41, 5.74) is 1.38. The number of benzene rings is 2. The fraction of sp³-hybridized carbons (Fsp3) is 0.273. The summed E-state index contributed by atoms with van der Waals surface area (Å²) in [4.78, 5) is 16.9. The lowest BCUT2D eigenvalue weighted by Crippen LogP contribution is -2.28. The van der Waals surface area contributed by atoms with Crippen LogP contribution in [0.1, 0.15) is 33.9 Å². The number of unbranched alkanes of at least 4 members (excludes halogenated alkanes) is 1. The molecule has 0 aliphatic heterocycles. The molecular weight excluding hydrogens is 473 g/mol. The van der Waals surface area contributed by atoms with E-state index in [1.165, 1.54) is 49.5 Å². The Balaban J connectivity index is 1.64. The average molecular weight is 496 g/mol. The van der Waals surface area contributed by atoms with Crippen molar-refractivity contribution in [1.82, 2.24) is 10.3 Å². The normalized spacial score (nSPS) is 11.4. The number of anilines is 1. The lowest BCUT2D eigenvalue weighted by atomic mass is 10.2. The molecule has 3 aromatic rings. The Labute approximate surface area is 196 Å². The van der Waals surface area contributed by atoms with Crippen LogP contribution in [-0.2, 0) is 16.4 Å². The topological polar surface area (TPSA) is 79.4 Å². The van der Waals surface area contributed by atoms with Gasteiger partial charge in [0.2, 0.25) is 0 Å². The molecule has 1 heterocycles. The third kappa shape index (κ3) is 5.85. The summed E-state index contributed by atoms with van der Waals surface area (Å²) in [6.45, 7) is 2.39. The zero-order chi connectivity index (χ0) is 23.3. The van der Waals surface area contributed by atoms with Gasteiger partial charge in [0, 0.05) is 24.7 Å². The summed E-state index contributed by atoms with van der Waals surface area (Å²) >= 11 is 7.78. The maximum absolute atomic E-state index is 13.2. The van der Waals surface area contributed by atoms with E-state index >= 15 is 0 Å². The van der Waals surface area contributed by atoms with E-state index < -0.39 is 21.7 Å². The number of amides is 1. The molecule has 3 rings (SSSR count). The second kappa shape index (κ2) is 10.4. The van der Waals surface area contributed by atoms with E-state index in [2.05, 4.69) is 10.3 Å². The monoisotopic (exact) mass is 495 g/mol. The van der Waals surface area contributed by atoms with Gasteiger partial charge in [0.05, 0.1) is 26.2 Å². The Morgan fingerprint density at radius 2 is 1.91 bits per heavy atom. The van der Waals surface area contributed by atoms with Crippen molar-refractivity contribution in [2.75, 3.05) is 17.9 Å². The van der Waals surface area contributed by atoms with Gasteiger partial charge in [0.1, 0.15) is 5.82 Å². The van der Waals surface area contributed by atoms with Crippen LogP contribution in [0.2, 0.25) is 5.02 Å². The second-order valence-corrected chi connectivity index (χ2v) is 10.5. The van der Waals surface area contributed by atoms with Gasteiger partial charge < -0.3 is 5.32 Å². The van der Waals surface area contributed by atoms with Crippen molar-refractivity contribution in [2.45, 2.75) is 31.1 Å². The first-order valence-electron chi connectivity index (χ1n) is 9.92. The van der Waals surface area contributed by atoms with Crippen LogP contribution < -0.4 is 9.62 Å². The van der Waals surface area contributed by atoms with E-state index in [4.69, 9.17) is 11.6 Å². The highest BCUT2D eigenvalue weighted by Gasteiger charge is 2.23. The number of rotatable bonds is 9. The highest BCUT2D eigenvalue weighted by atomic mass is 35.5. The number of sulfonamides is 1. The molecule has 0 aliphatic rings. The van der Waals surface area contributed by atoms with E-state index in [1.54, 1.807) is 11.3 Å². The third-order valence-electron chi connectivity index (χ3n) is 4.80. The SMILES string of the molecule is Cc1csc(CCCCNC(=O)c2cc(S(=O)(=O)N(C)c3ccc(F)cc3)ccc2Cl)n1. The van der Waals surface area contributed by atoms with Gasteiger partial charge in [0.15, 0.2) is 0 Å². The second-order valence-electron chi connectivity index (χ2n) is 7.19. The maximum atomic E-state index is 13.2. The zero-order valence-electron chi connectivity index (χ0n) is 17.6. The van der Waals surface area contributed by atoms with E-state index in [-0.39, 0.29) is 15.5 Å². The van der Waals surface area contributed by atoms with E-state index in [0.717, 1.165) is 34.3 Å². The molecular formula is C22H23ClFN3O3S2. The first-order chi connectivity index (χ1) is 15.2. The third-order valence-corrected chi connectivity index (χ3v) is 7.94. The fourth-order valence-electron chi connectivity index (χ4n) is 3.00. The minimum atomic E-state index is -3.97. The molecule has 1 N–H and O–H groups in total. The van der Waals surface area contributed by atoms with Gasteiger partial charge in [-0.3, -0.25) is 9.10 Å². The summed E-state index contributed by atoms with van der Waals surface area (Å²) in [6, 6.07) is 9.06. The van der Waals surface area contributed by atoms with Gasteiger partial charge in [-0.2, -0.15) is 0 Å². The Morgan fingerprint density at radius 1 is 1.19 bits per heavy atom. The van der Waals surface area contributed by atoms with Crippen LogP contribution in [0.3, 0.4) is 0 Å². The van der Waals surface area contributed by atoms with Crippen molar-refractivity contribution in [3.8, 4) is 0 Å². The van der Waals surface area contributed by atoms with Gasteiger partial charge in [-0.1, -0.05) is 11.6 Å². The van der Waals surface area contributed by atoms with Crippen molar-refractivity contribution in [3.63, 3.8) is 0 Å². The molecule has 2 aromatic carbocycles. The Bertz CT molecular complexity index is 1200. The van der Waals surface area contributed by atoms with Gasteiger partial charge in [-0.15, -0.1) is 11.3 Å². The molecule has 32 heavy (non-hydrogen) atoms. The molecule has 0 bridgehead atoms. The summed E-state index contributed by atoms with van der Waals surface area (Å²) in [5.74, 6) is -0.909. The van der Waals surface area contributed by atoms with Crippen LogP contribution in [-0.4, -0.2) is 32.9 Å². The Morgan fingerprint density at radius 3 is 2.56 bits per heavy atom. The van der Waals surface area contributed by atoms with Crippen molar-refractivity contribution >= 4 is 44.6 Å². The molecule has 0 aliphatic carbocycles. The predicted octanol–water partition coefficient (Wildman–Crippen LogP) is 4.82. The predicted molar refractivity (Wildman–Crippen MR) is 126 cm³/mol. The molecule has 0 saturated heterocycles. The summed E-state index contributed by atoms with van der Waals surface area (Å²) in [5, 5.41) is 6.02. The molecule has 0 spiro atoms. The number of nitrogens with one attached hydrogen (secondary N) is 1. The number of carbonyl (C=O) groups excluding carboxylic acids is 1. The first kappa shape index (κ1) is 24.2. The zero-order valence-corrected chi connectivity index (χ0v) is 20.0. The Kier molecular flexibility index (Phi) is 7.86. The van der Waals surface area contributed by atoms with Gasteiger partial charge in [-0.25, -0.2) is 17.8 Å². The molecule has 0 fully saturated rings. The first-order valence-corrected chi connectivity index (χ1v) is 12.6. The number of aryl methyl sites for hydroxylation is 2. The number of halogens is 2. The van der Waals surface area contributed by atoms with Gasteiger partial charge in [0.25, 0.3) is 15.9 Å². The van der Waals surface area contributed by atoms with Crippen LogP contribution >= 0.6 is 22.9 Å². The maximum Gasteiger partial charge on any atom is 0.264 e. The summed E-state index contributed by atoms with van der Waals surface area (Å²) in [6.07, 6.45) is 2.48. The number of nitrogens with zero attached hydrogens (tertiary/aromatic N) is 2. The van der Waals surface area contributed by atoms with E-state index in [9.17, 15) is 17.6 Å². The quantitative estimate of drug-likeness (QED) is 0.431. The molecule has 170 valence electrons. The van der Waals surface area contributed by atoms with Crippen LogP contribution in [0.25, 0.3) is 0 Å². The number of carbonyl (C=O) groups is 1. The lowest BCUT2D eigenvalue weighted by Gasteiger charge is -2.20. The van der Waals surface area contributed by atoms with Crippen LogP contribution in [0.5, 0.6) is 0 Å². The number of aromatic nitrogens is 1. The highest BCUT2D eigenvalue weighted by molar-refractivity contribution is 7.92. The Hall–Kier alpha value is -2.49. The summed E-state index contributed by atoms with van der Waals surface area (Å²) in [7, 11) is -2.61. The molecule has 10 heteroatoms. The largest absolute Gasteiger partial charge is 0.352 e. The van der Waals surface area contributed by atoms with Crippen LogP contribution in [0, 0.1) is 12.7 Å². The molecule has 6 nitrogen and oxygen atoms in total. The molecule has 0 atom stereocenters. The minimum Gasteiger partial charge on any atom is -0.352 e. The van der Waals surface area contributed by atoms with Crippen molar-refractivity contribution in [1.29, 1.82) is 0 Å². The molecule has 1 amide bonds. The number of hydrogen-bond acceptors (Lipinski definition) is 5. The van der Waals surface area contributed by atoms with Crippen LogP contribution in [0.15, 0.2) is 52.7 Å². The van der Waals surface area contributed by atoms with Gasteiger partial charge in [-0.05, 0) is 68.7 Å². The molecule has 0 saturated carbocycles. The average Bonchev–Trinajstić information content (AvgIpc) is 3.18. The molecule has 0 unspecified atom stereocenters. The summed E-state index contributed by atoms with van der Waals surface area (Å²) < 4.78 is 40.2. The smallest absolute Gasteiger partial charge is 0.264 e. The van der Waals surface area contributed by atoms with Crippen LogP contribution in [0.4, 0.5) is 10.1 Å². The fourth-order valence-corrected chi connectivity index (χ4v) is 5.25. The minimum absolute atomic E-state index is 0.0794. The molecule has 1 aromatic heterocycles. The lowest BCUT2D eigenvalue weighted by molar-refractivity contribution is 0.0953. The molecule has 0 radical (unpaired) electrons. The van der Waals surface area contributed by atoms with E-state index in [1.807, 2.05) is 12.3 Å². The highest BCUT2D eigenvalue weighted by Crippen LogP contribution is 2.26.